The van der Waals surface area contributed by atoms with Crippen LogP contribution in [0.15, 0.2) is 0 Å². The molecule has 0 bridgehead atoms. The van der Waals surface area contributed by atoms with Gasteiger partial charge in [0, 0.05) is 6.42 Å². The number of carbonyl (C=O) groups excluding carboxylic acids is 1. The zero-order valence-corrected chi connectivity index (χ0v) is 12.3. The molecule has 1 N–H and O–H groups in total. The summed E-state index contributed by atoms with van der Waals surface area (Å²) in [6, 6.07) is 0. The predicted octanol–water partition coefficient (Wildman–Crippen LogP) is 3.67. The summed E-state index contributed by atoms with van der Waals surface area (Å²) in [4.78, 5) is 11.1. The molecular weight excluding hydrogens is 226 g/mol. The standard InChI is InChI=1S/C15H31NO2/c1-3-5-6-7-8-9-10-13-16-14-11-12-15(17)18-4-2/h16H,3-14H2,1-2H3. The molecule has 0 aliphatic heterocycles. The van der Waals surface area contributed by atoms with E-state index in [0.717, 1.165) is 19.5 Å². The highest BCUT2D eigenvalue weighted by molar-refractivity contribution is 5.69. The summed E-state index contributed by atoms with van der Waals surface area (Å²) in [6.45, 7) is 6.59. The molecule has 0 heterocycles. The maximum atomic E-state index is 11.1. The molecule has 3 heteroatoms. The van der Waals surface area contributed by atoms with Crippen molar-refractivity contribution in [2.75, 3.05) is 19.7 Å². The molecule has 0 aromatic carbocycles. The molecule has 0 amide bonds. The minimum absolute atomic E-state index is 0.0739. The Morgan fingerprint density at radius 3 is 2.17 bits per heavy atom. The van der Waals surface area contributed by atoms with E-state index in [1.807, 2.05) is 6.92 Å². The molecular formula is C15H31NO2. The minimum atomic E-state index is -0.0739. The molecule has 0 saturated heterocycles. The van der Waals surface area contributed by atoms with Gasteiger partial charge in [0.05, 0.1) is 6.61 Å². The monoisotopic (exact) mass is 257 g/mol. The summed E-state index contributed by atoms with van der Waals surface area (Å²) in [6.07, 6.45) is 10.9. The van der Waals surface area contributed by atoms with Crippen LogP contribution in [0.2, 0.25) is 0 Å². The highest BCUT2D eigenvalue weighted by Gasteiger charge is 1.99. The fourth-order valence-corrected chi connectivity index (χ4v) is 1.92. The van der Waals surface area contributed by atoms with Crippen molar-refractivity contribution in [3.05, 3.63) is 0 Å². The highest BCUT2D eigenvalue weighted by Crippen LogP contribution is 2.06. The summed E-state index contributed by atoms with van der Waals surface area (Å²) in [7, 11) is 0. The van der Waals surface area contributed by atoms with Crippen molar-refractivity contribution in [1.29, 1.82) is 0 Å². The van der Waals surface area contributed by atoms with E-state index in [-0.39, 0.29) is 5.97 Å². The topological polar surface area (TPSA) is 38.3 Å². The average molecular weight is 257 g/mol. The van der Waals surface area contributed by atoms with Crippen LogP contribution in [0.5, 0.6) is 0 Å². The number of carbonyl (C=O) groups is 1. The molecule has 0 saturated carbocycles. The first kappa shape index (κ1) is 17.4. The molecule has 0 aromatic heterocycles. The molecule has 0 fully saturated rings. The number of rotatable bonds is 13. The van der Waals surface area contributed by atoms with E-state index >= 15 is 0 Å². The van der Waals surface area contributed by atoms with Crippen molar-refractivity contribution < 1.29 is 9.53 Å². The SMILES string of the molecule is CCCCCCCCCNCCCC(=O)OCC. The fourth-order valence-electron chi connectivity index (χ4n) is 1.92. The zero-order valence-electron chi connectivity index (χ0n) is 12.3. The Morgan fingerprint density at radius 1 is 0.889 bits per heavy atom. The summed E-state index contributed by atoms with van der Waals surface area (Å²) >= 11 is 0. The van der Waals surface area contributed by atoms with Gasteiger partial charge in [-0.25, -0.2) is 0 Å². The summed E-state index contributed by atoms with van der Waals surface area (Å²) in [5.74, 6) is -0.0739. The van der Waals surface area contributed by atoms with Gasteiger partial charge >= 0.3 is 5.97 Å². The lowest BCUT2D eigenvalue weighted by Gasteiger charge is -2.05. The van der Waals surface area contributed by atoms with Crippen molar-refractivity contribution in [3.8, 4) is 0 Å². The van der Waals surface area contributed by atoms with Crippen molar-refractivity contribution in [1.82, 2.24) is 5.32 Å². The van der Waals surface area contributed by atoms with Gasteiger partial charge in [-0.15, -0.1) is 0 Å². The molecule has 0 spiro atoms. The van der Waals surface area contributed by atoms with Crippen LogP contribution in [0.25, 0.3) is 0 Å². The fraction of sp³-hybridized carbons (Fsp3) is 0.933. The third-order valence-electron chi connectivity index (χ3n) is 3.00. The predicted molar refractivity (Wildman–Crippen MR) is 76.7 cm³/mol. The normalized spacial score (nSPS) is 10.6. The van der Waals surface area contributed by atoms with Gasteiger partial charge in [-0.2, -0.15) is 0 Å². The van der Waals surface area contributed by atoms with Crippen LogP contribution in [0.1, 0.15) is 71.6 Å². The molecule has 0 aromatic rings. The van der Waals surface area contributed by atoms with E-state index in [4.69, 9.17) is 4.74 Å². The van der Waals surface area contributed by atoms with Crippen LogP contribution in [0.3, 0.4) is 0 Å². The van der Waals surface area contributed by atoms with Crippen molar-refractivity contribution in [2.24, 2.45) is 0 Å². The van der Waals surface area contributed by atoms with Crippen LogP contribution in [0.4, 0.5) is 0 Å². The highest BCUT2D eigenvalue weighted by atomic mass is 16.5. The number of hydrogen-bond donors (Lipinski definition) is 1. The number of unbranched alkanes of at least 4 members (excludes halogenated alkanes) is 6. The van der Waals surface area contributed by atoms with Crippen LogP contribution < -0.4 is 5.32 Å². The van der Waals surface area contributed by atoms with Crippen molar-refractivity contribution in [2.45, 2.75) is 71.6 Å². The van der Waals surface area contributed by atoms with E-state index in [2.05, 4.69) is 12.2 Å². The third kappa shape index (κ3) is 13.5. The minimum Gasteiger partial charge on any atom is -0.466 e. The van der Waals surface area contributed by atoms with E-state index in [1.165, 1.54) is 44.9 Å². The number of nitrogens with one attached hydrogen (secondary N) is 1. The Labute approximate surface area is 113 Å². The van der Waals surface area contributed by atoms with Crippen molar-refractivity contribution in [3.63, 3.8) is 0 Å². The van der Waals surface area contributed by atoms with Gasteiger partial charge in [-0.1, -0.05) is 45.4 Å². The molecule has 18 heavy (non-hydrogen) atoms. The Morgan fingerprint density at radius 2 is 1.50 bits per heavy atom. The molecule has 0 unspecified atom stereocenters. The van der Waals surface area contributed by atoms with E-state index < -0.39 is 0 Å². The summed E-state index contributed by atoms with van der Waals surface area (Å²) in [5, 5.41) is 3.38. The van der Waals surface area contributed by atoms with Gasteiger partial charge in [-0.3, -0.25) is 4.79 Å². The molecule has 108 valence electrons. The quantitative estimate of drug-likeness (QED) is 0.404. The van der Waals surface area contributed by atoms with Crippen molar-refractivity contribution >= 4 is 5.97 Å². The van der Waals surface area contributed by atoms with Gasteiger partial charge in [0.15, 0.2) is 0 Å². The molecule has 0 atom stereocenters. The Balaban J connectivity index is 3.01. The van der Waals surface area contributed by atoms with Gasteiger partial charge in [0.1, 0.15) is 0 Å². The Bertz CT molecular complexity index is 183. The maximum Gasteiger partial charge on any atom is 0.305 e. The summed E-state index contributed by atoms with van der Waals surface area (Å²) < 4.78 is 4.87. The molecule has 0 aliphatic carbocycles. The van der Waals surface area contributed by atoms with Crippen LogP contribution in [-0.4, -0.2) is 25.7 Å². The maximum absolute atomic E-state index is 11.1. The lowest BCUT2D eigenvalue weighted by Crippen LogP contribution is -2.18. The Kier molecular flexibility index (Phi) is 14.0. The van der Waals surface area contributed by atoms with E-state index in [9.17, 15) is 4.79 Å². The first-order chi connectivity index (χ1) is 8.81. The average Bonchev–Trinajstić information content (AvgIpc) is 2.36. The largest absolute Gasteiger partial charge is 0.466 e. The third-order valence-corrected chi connectivity index (χ3v) is 3.00. The lowest BCUT2D eigenvalue weighted by molar-refractivity contribution is -0.143. The zero-order chi connectivity index (χ0) is 13.5. The second-order valence-electron chi connectivity index (χ2n) is 4.78. The first-order valence-electron chi connectivity index (χ1n) is 7.67. The van der Waals surface area contributed by atoms with Gasteiger partial charge in [0.2, 0.25) is 0 Å². The number of esters is 1. The van der Waals surface area contributed by atoms with Gasteiger partial charge in [-0.05, 0) is 32.9 Å². The van der Waals surface area contributed by atoms with Crippen LogP contribution in [0, 0.1) is 0 Å². The van der Waals surface area contributed by atoms with Gasteiger partial charge in [0.25, 0.3) is 0 Å². The van der Waals surface area contributed by atoms with Crippen LogP contribution in [-0.2, 0) is 9.53 Å². The van der Waals surface area contributed by atoms with Gasteiger partial charge < -0.3 is 10.1 Å². The first-order valence-corrected chi connectivity index (χ1v) is 7.67. The second kappa shape index (κ2) is 14.5. The number of ether oxygens (including phenoxy) is 1. The molecule has 0 aliphatic rings. The van der Waals surface area contributed by atoms with E-state index in [0.29, 0.717) is 13.0 Å². The summed E-state index contributed by atoms with van der Waals surface area (Å²) in [5.41, 5.74) is 0. The smallest absolute Gasteiger partial charge is 0.305 e. The molecule has 0 rings (SSSR count). The molecule has 3 nitrogen and oxygen atoms in total. The van der Waals surface area contributed by atoms with Crippen LogP contribution >= 0.6 is 0 Å². The Hall–Kier alpha value is -0.570. The number of hydrogen-bond acceptors (Lipinski definition) is 3. The lowest BCUT2D eigenvalue weighted by atomic mass is 10.1. The van der Waals surface area contributed by atoms with E-state index in [1.54, 1.807) is 0 Å². The second-order valence-corrected chi connectivity index (χ2v) is 4.78. The molecule has 0 radical (unpaired) electrons.